The number of nitrogens with two attached hydrogens (primary N) is 1. The number of benzene rings is 1. The molecule has 3 rings (SSSR count). The van der Waals surface area contributed by atoms with Crippen LogP contribution in [0, 0.1) is 5.92 Å². The van der Waals surface area contributed by atoms with Gasteiger partial charge in [-0.05, 0) is 24.3 Å². The Labute approximate surface area is 137 Å². The number of halogens is 1. The summed E-state index contributed by atoms with van der Waals surface area (Å²) in [6, 6.07) is 6.84. The fraction of sp³-hybridized carbons (Fsp3) is 0.308. The van der Waals surface area contributed by atoms with Gasteiger partial charge in [0.05, 0.1) is 5.75 Å². The summed E-state index contributed by atoms with van der Waals surface area (Å²) in [7, 11) is -3.64. The monoisotopic (exact) mass is 356 g/mol. The molecule has 2 heterocycles. The number of carbonyl (C=O) groups is 1. The highest BCUT2D eigenvalue weighted by atomic mass is 35.5. The van der Waals surface area contributed by atoms with E-state index < -0.39 is 10.0 Å². The topological polar surface area (TPSA) is 119 Å². The number of anilines is 1. The third kappa shape index (κ3) is 3.69. The van der Waals surface area contributed by atoms with E-state index in [-0.39, 0.29) is 42.4 Å². The van der Waals surface area contributed by atoms with Crippen LogP contribution in [0.4, 0.5) is 6.01 Å². The number of rotatable bonds is 4. The van der Waals surface area contributed by atoms with E-state index in [1.807, 2.05) is 0 Å². The lowest BCUT2D eigenvalue weighted by Crippen LogP contribution is -2.27. The molecule has 0 aliphatic carbocycles. The van der Waals surface area contributed by atoms with Gasteiger partial charge >= 0.3 is 6.01 Å². The van der Waals surface area contributed by atoms with Gasteiger partial charge in [-0.15, -0.1) is 5.10 Å². The third-order valence-corrected chi connectivity index (χ3v) is 4.60. The van der Waals surface area contributed by atoms with Crippen molar-refractivity contribution in [2.75, 3.05) is 17.2 Å². The van der Waals surface area contributed by atoms with Crippen LogP contribution >= 0.6 is 11.6 Å². The summed E-state index contributed by atoms with van der Waals surface area (Å²) in [5, 5.41) is 13.3. The molecular formula is C13H13ClN4O4S. The first kappa shape index (κ1) is 15.9. The summed E-state index contributed by atoms with van der Waals surface area (Å²) >= 11 is 5.82. The standard InChI is InChI=1S/C13H13ClN4O4S/c14-10-3-1-9(2-4-10)12-16-17-13(22-12)18-6-8(5-11(18)19)7-23(15,20)21/h1-4,8H,5-7H2,(H2,15,20,21). The Bertz CT molecular complexity index is 834. The molecule has 0 bridgehead atoms. The number of nitrogens with zero attached hydrogens (tertiary/aromatic N) is 3. The van der Waals surface area contributed by atoms with Crippen LogP contribution in [0.15, 0.2) is 28.7 Å². The molecule has 10 heteroatoms. The second-order valence-corrected chi connectivity index (χ2v) is 7.40. The van der Waals surface area contributed by atoms with Crippen LogP contribution in [-0.4, -0.2) is 36.8 Å². The molecule has 1 aromatic carbocycles. The summed E-state index contributed by atoms with van der Waals surface area (Å²) in [4.78, 5) is 13.3. The Morgan fingerprint density at radius 1 is 1.30 bits per heavy atom. The van der Waals surface area contributed by atoms with Gasteiger partial charge in [-0.2, -0.15) is 0 Å². The van der Waals surface area contributed by atoms with Gasteiger partial charge in [0.15, 0.2) is 0 Å². The lowest BCUT2D eigenvalue weighted by atomic mass is 10.1. The van der Waals surface area contributed by atoms with Crippen LogP contribution in [0.5, 0.6) is 0 Å². The normalized spacial score (nSPS) is 18.6. The lowest BCUT2D eigenvalue weighted by molar-refractivity contribution is -0.117. The maximum Gasteiger partial charge on any atom is 0.325 e. The Morgan fingerprint density at radius 2 is 2.00 bits per heavy atom. The number of hydrogen-bond acceptors (Lipinski definition) is 6. The maximum absolute atomic E-state index is 12.0. The van der Waals surface area contributed by atoms with Gasteiger partial charge in [0, 0.05) is 29.5 Å². The minimum atomic E-state index is -3.64. The minimum absolute atomic E-state index is 0.0388. The SMILES string of the molecule is NS(=O)(=O)CC1CC(=O)N(c2nnc(-c3ccc(Cl)cc3)o2)C1. The van der Waals surface area contributed by atoms with Crippen molar-refractivity contribution >= 4 is 33.5 Å². The zero-order valence-electron chi connectivity index (χ0n) is 11.8. The van der Waals surface area contributed by atoms with Gasteiger partial charge in [-0.25, -0.2) is 13.6 Å². The van der Waals surface area contributed by atoms with Gasteiger partial charge in [0.2, 0.25) is 21.8 Å². The lowest BCUT2D eigenvalue weighted by Gasteiger charge is -2.10. The molecular weight excluding hydrogens is 344 g/mol. The molecule has 122 valence electrons. The van der Waals surface area contributed by atoms with Crippen LogP contribution in [-0.2, 0) is 14.8 Å². The average molecular weight is 357 g/mol. The van der Waals surface area contributed by atoms with Gasteiger partial charge in [0.25, 0.3) is 0 Å². The van der Waals surface area contributed by atoms with Crippen molar-refractivity contribution < 1.29 is 17.6 Å². The minimum Gasteiger partial charge on any atom is -0.403 e. The van der Waals surface area contributed by atoms with Crippen molar-refractivity contribution in [1.29, 1.82) is 0 Å². The summed E-state index contributed by atoms with van der Waals surface area (Å²) in [5.41, 5.74) is 0.667. The number of sulfonamides is 1. The molecule has 0 radical (unpaired) electrons. The Kier molecular flexibility index (Phi) is 4.09. The van der Waals surface area contributed by atoms with Crippen LogP contribution in [0.1, 0.15) is 6.42 Å². The molecule has 1 amide bonds. The molecule has 1 aliphatic rings. The zero-order chi connectivity index (χ0) is 16.6. The number of primary sulfonamides is 1. The highest BCUT2D eigenvalue weighted by Crippen LogP contribution is 2.28. The average Bonchev–Trinajstić information content (AvgIpc) is 3.04. The predicted octanol–water partition coefficient (Wildman–Crippen LogP) is 1.03. The largest absolute Gasteiger partial charge is 0.403 e. The quantitative estimate of drug-likeness (QED) is 0.873. The van der Waals surface area contributed by atoms with E-state index >= 15 is 0 Å². The summed E-state index contributed by atoms with van der Waals surface area (Å²) in [6.07, 6.45) is 0.0785. The molecule has 1 atom stereocenters. The van der Waals surface area contributed by atoms with E-state index in [1.165, 1.54) is 4.90 Å². The van der Waals surface area contributed by atoms with Gasteiger partial charge < -0.3 is 4.42 Å². The molecule has 1 saturated heterocycles. The van der Waals surface area contributed by atoms with Crippen molar-refractivity contribution in [3.63, 3.8) is 0 Å². The van der Waals surface area contributed by atoms with Crippen molar-refractivity contribution in [3.05, 3.63) is 29.3 Å². The fourth-order valence-corrected chi connectivity index (χ4v) is 3.45. The van der Waals surface area contributed by atoms with E-state index in [1.54, 1.807) is 24.3 Å². The van der Waals surface area contributed by atoms with Crippen LogP contribution < -0.4 is 10.0 Å². The predicted molar refractivity (Wildman–Crippen MR) is 83.2 cm³/mol. The van der Waals surface area contributed by atoms with E-state index in [2.05, 4.69) is 10.2 Å². The molecule has 1 fully saturated rings. The number of amides is 1. The number of hydrogen-bond donors (Lipinski definition) is 1. The zero-order valence-corrected chi connectivity index (χ0v) is 13.4. The van der Waals surface area contributed by atoms with Crippen molar-refractivity contribution in [2.45, 2.75) is 6.42 Å². The van der Waals surface area contributed by atoms with Crippen molar-refractivity contribution in [3.8, 4) is 11.5 Å². The van der Waals surface area contributed by atoms with E-state index in [9.17, 15) is 13.2 Å². The first-order valence-electron chi connectivity index (χ1n) is 6.72. The van der Waals surface area contributed by atoms with Gasteiger partial charge in [0.1, 0.15) is 0 Å². The van der Waals surface area contributed by atoms with E-state index in [0.717, 1.165) is 0 Å². The van der Waals surface area contributed by atoms with Crippen molar-refractivity contribution in [2.24, 2.45) is 11.1 Å². The molecule has 1 unspecified atom stereocenters. The van der Waals surface area contributed by atoms with Crippen LogP contribution in [0.2, 0.25) is 5.02 Å². The first-order valence-corrected chi connectivity index (χ1v) is 8.81. The smallest absolute Gasteiger partial charge is 0.325 e. The van der Waals surface area contributed by atoms with Crippen molar-refractivity contribution in [1.82, 2.24) is 10.2 Å². The first-order chi connectivity index (χ1) is 10.8. The van der Waals surface area contributed by atoms with Gasteiger partial charge in [-0.1, -0.05) is 16.7 Å². The molecule has 8 nitrogen and oxygen atoms in total. The van der Waals surface area contributed by atoms with Crippen LogP contribution in [0.3, 0.4) is 0 Å². The highest BCUT2D eigenvalue weighted by molar-refractivity contribution is 7.89. The Hall–Kier alpha value is -1.97. The second-order valence-electron chi connectivity index (χ2n) is 5.30. The Morgan fingerprint density at radius 3 is 2.65 bits per heavy atom. The molecule has 1 aromatic heterocycles. The second kappa shape index (κ2) is 5.91. The van der Waals surface area contributed by atoms with E-state index in [0.29, 0.717) is 10.6 Å². The summed E-state index contributed by atoms with van der Waals surface area (Å²) < 4.78 is 27.8. The molecule has 2 aromatic rings. The Balaban J connectivity index is 1.78. The molecule has 23 heavy (non-hydrogen) atoms. The third-order valence-electron chi connectivity index (χ3n) is 3.41. The molecule has 0 saturated carbocycles. The molecule has 2 N–H and O–H groups in total. The number of aromatic nitrogens is 2. The highest BCUT2D eigenvalue weighted by Gasteiger charge is 2.35. The number of carbonyl (C=O) groups excluding carboxylic acids is 1. The summed E-state index contributed by atoms with van der Waals surface area (Å²) in [5.74, 6) is -0.666. The van der Waals surface area contributed by atoms with Crippen LogP contribution in [0.25, 0.3) is 11.5 Å². The molecule has 0 spiro atoms. The summed E-state index contributed by atoms with van der Waals surface area (Å²) in [6.45, 7) is 0.178. The fourth-order valence-electron chi connectivity index (χ4n) is 2.44. The van der Waals surface area contributed by atoms with Gasteiger partial charge in [-0.3, -0.25) is 9.69 Å². The van der Waals surface area contributed by atoms with E-state index in [4.69, 9.17) is 21.2 Å². The maximum atomic E-state index is 12.0. The molecule has 1 aliphatic heterocycles.